The molecule has 0 fully saturated rings. The summed E-state index contributed by atoms with van der Waals surface area (Å²) in [5, 5.41) is 2.81. The Morgan fingerprint density at radius 3 is 2.26 bits per heavy atom. The highest BCUT2D eigenvalue weighted by Gasteiger charge is 2.15. The molecule has 0 unspecified atom stereocenters. The van der Waals surface area contributed by atoms with Crippen LogP contribution in [0, 0.1) is 3.57 Å². The molecule has 5 heteroatoms. The first-order valence-corrected chi connectivity index (χ1v) is 8.44. The molecule has 0 saturated heterocycles. The SMILES string of the molecule is CCC(=O)c1ccc(O[C@@H](C)C(=O)Nc2ccc(I)cc2)cc1. The first-order valence-electron chi connectivity index (χ1n) is 7.36. The lowest BCUT2D eigenvalue weighted by atomic mass is 10.1. The Morgan fingerprint density at radius 2 is 1.70 bits per heavy atom. The van der Waals surface area contributed by atoms with Crippen molar-refractivity contribution in [1.82, 2.24) is 0 Å². The van der Waals surface area contributed by atoms with Crippen molar-refractivity contribution in [2.45, 2.75) is 26.4 Å². The molecule has 0 aliphatic carbocycles. The van der Waals surface area contributed by atoms with Crippen molar-refractivity contribution >= 4 is 40.0 Å². The molecular formula is C18H18INO3. The number of carbonyl (C=O) groups is 2. The molecule has 0 aliphatic rings. The Morgan fingerprint density at radius 1 is 1.09 bits per heavy atom. The van der Waals surface area contributed by atoms with E-state index in [-0.39, 0.29) is 11.7 Å². The van der Waals surface area contributed by atoms with E-state index >= 15 is 0 Å². The van der Waals surface area contributed by atoms with Crippen molar-refractivity contribution in [3.05, 3.63) is 57.7 Å². The van der Waals surface area contributed by atoms with E-state index in [1.807, 2.05) is 31.2 Å². The molecule has 2 aromatic carbocycles. The Kier molecular flexibility index (Phi) is 6.15. The molecule has 0 bridgehead atoms. The molecule has 1 N–H and O–H groups in total. The van der Waals surface area contributed by atoms with Gasteiger partial charge >= 0.3 is 0 Å². The molecule has 23 heavy (non-hydrogen) atoms. The third kappa shape index (κ3) is 5.06. The maximum absolute atomic E-state index is 12.1. The minimum absolute atomic E-state index is 0.0843. The minimum atomic E-state index is -0.637. The topological polar surface area (TPSA) is 55.4 Å². The maximum atomic E-state index is 12.1. The predicted octanol–water partition coefficient (Wildman–Crippen LogP) is 4.29. The van der Waals surface area contributed by atoms with Crippen LogP contribution in [0.15, 0.2) is 48.5 Å². The van der Waals surface area contributed by atoms with Crippen LogP contribution in [0.3, 0.4) is 0 Å². The van der Waals surface area contributed by atoms with E-state index < -0.39 is 6.10 Å². The van der Waals surface area contributed by atoms with E-state index in [0.717, 1.165) is 9.26 Å². The number of rotatable bonds is 6. The van der Waals surface area contributed by atoms with Gasteiger partial charge in [-0.05, 0) is 78.0 Å². The molecule has 0 aliphatic heterocycles. The number of anilines is 1. The first-order chi connectivity index (χ1) is 11.0. The van der Waals surface area contributed by atoms with Gasteiger partial charge in [0.15, 0.2) is 11.9 Å². The highest BCUT2D eigenvalue weighted by molar-refractivity contribution is 14.1. The van der Waals surface area contributed by atoms with E-state index in [1.165, 1.54) is 0 Å². The molecule has 1 atom stereocenters. The Bertz CT molecular complexity index is 680. The fourth-order valence-corrected chi connectivity index (χ4v) is 2.32. The van der Waals surface area contributed by atoms with Gasteiger partial charge in [-0.3, -0.25) is 9.59 Å². The average Bonchev–Trinajstić information content (AvgIpc) is 2.56. The summed E-state index contributed by atoms with van der Waals surface area (Å²) in [6, 6.07) is 14.4. The standard InChI is InChI=1S/C18H18INO3/c1-3-17(21)13-4-10-16(11-5-13)23-12(2)18(22)20-15-8-6-14(19)7-9-15/h4-12H,3H2,1-2H3,(H,20,22)/t12-/m0/s1. The number of halogens is 1. The molecule has 2 rings (SSSR count). The van der Waals surface area contributed by atoms with Gasteiger partial charge in [0.2, 0.25) is 0 Å². The maximum Gasteiger partial charge on any atom is 0.265 e. The van der Waals surface area contributed by atoms with Crippen molar-refractivity contribution in [1.29, 1.82) is 0 Å². The van der Waals surface area contributed by atoms with Gasteiger partial charge in [-0.15, -0.1) is 0 Å². The van der Waals surface area contributed by atoms with Crippen LogP contribution < -0.4 is 10.1 Å². The van der Waals surface area contributed by atoms with Crippen LogP contribution in [0.4, 0.5) is 5.69 Å². The predicted molar refractivity (Wildman–Crippen MR) is 98.9 cm³/mol. The average molecular weight is 423 g/mol. The van der Waals surface area contributed by atoms with E-state index in [9.17, 15) is 9.59 Å². The van der Waals surface area contributed by atoms with E-state index in [1.54, 1.807) is 31.2 Å². The third-order valence-electron chi connectivity index (χ3n) is 3.29. The molecule has 1 amide bonds. The fraction of sp³-hybridized carbons (Fsp3) is 0.222. The van der Waals surface area contributed by atoms with Gasteiger partial charge in [-0.25, -0.2) is 0 Å². The summed E-state index contributed by atoms with van der Waals surface area (Å²) < 4.78 is 6.72. The van der Waals surface area contributed by atoms with Gasteiger partial charge in [0, 0.05) is 21.2 Å². The molecule has 4 nitrogen and oxygen atoms in total. The second kappa shape index (κ2) is 8.10. The molecule has 120 valence electrons. The van der Waals surface area contributed by atoms with Gasteiger partial charge < -0.3 is 10.1 Å². The smallest absolute Gasteiger partial charge is 0.265 e. The zero-order valence-corrected chi connectivity index (χ0v) is 15.2. The monoisotopic (exact) mass is 423 g/mol. The van der Waals surface area contributed by atoms with Gasteiger partial charge in [0.1, 0.15) is 5.75 Å². The second-order valence-electron chi connectivity index (χ2n) is 5.06. The van der Waals surface area contributed by atoms with Gasteiger partial charge in [-0.2, -0.15) is 0 Å². The van der Waals surface area contributed by atoms with E-state index in [4.69, 9.17) is 4.74 Å². The normalized spacial score (nSPS) is 11.6. The number of hydrogen-bond donors (Lipinski definition) is 1. The molecule has 0 heterocycles. The lowest BCUT2D eigenvalue weighted by Crippen LogP contribution is -2.30. The number of Topliss-reactive ketones (excluding diaryl/α,β-unsaturated/α-hetero) is 1. The summed E-state index contributed by atoms with van der Waals surface area (Å²) in [6.07, 6.45) is -0.170. The molecule has 0 spiro atoms. The van der Waals surface area contributed by atoms with Crippen molar-refractivity contribution in [2.24, 2.45) is 0 Å². The van der Waals surface area contributed by atoms with Crippen LogP contribution >= 0.6 is 22.6 Å². The third-order valence-corrected chi connectivity index (χ3v) is 4.01. The van der Waals surface area contributed by atoms with Crippen molar-refractivity contribution in [2.75, 3.05) is 5.32 Å². The Balaban J connectivity index is 1.95. The number of ketones is 1. The highest BCUT2D eigenvalue weighted by atomic mass is 127. The summed E-state index contributed by atoms with van der Waals surface area (Å²) in [5.41, 5.74) is 1.38. The summed E-state index contributed by atoms with van der Waals surface area (Å²) in [4.78, 5) is 23.7. The largest absolute Gasteiger partial charge is 0.481 e. The van der Waals surface area contributed by atoms with Crippen molar-refractivity contribution in [3.8, 4) is 5.75 Å². The number of ether oxygens (including phenoxy) is 1. The second-order valence-corrected chi connectivity index (χ2v) is 6.30. The zero-order valence-electron chi connectivity index (χ0n) is 13.0. The van der Waals surface area contributed by atoms with Crippen LogP contribution in [-0.2, 0) is 4.79 Å². The quantitative estimate of drug-likeness (QED) is 0.557. The van der Waals surface area contributed by atoms with Crippen LogP contribution in [-0.4, -0.2) is 17.8 Å². The van der Waals surface area contributed by atoms with E-state index in [2.05, 4.69) is 27.9 Å². The van der Waals surface area contributed by atoms with Gasteiger partial charge in [0.05, 0.1) is 0 Å². The van der Waals surface area contributed by atoms with Crippen molar-refractivity contribution in [3.63, 3.8) is 0 Å². The lowest BCUT2D eigenvalue weighted by Gasteiger charge is -2.15. The van der Waals surface area contributed by atoms with Gasteiger partial charge in [-0.1, -0.05) is 6.92 Å². The molecule has 0 radical (unpaired) electrons. The van der Waals surface area contributed by atoms with Crippen LogP contribution in [0.5, 0.6) is 5.75 Å². The van der Waals surface area contributed by atoms with Crippen LogP contribution in [0.1, 0.15) is 30.6 Å². The summed E-state index contributed by atoms with van der Waals surface area (Å²) in [5.74, 6) is 0.420. The summed E-state index contributed by atoms with van der Waals surface area (Å²) in [6.45, 7) is 3.51. The minimum Gasteiger partial charge on any atom is -0.481 e. The van der Waals surface area contributed by atoms with E-state index in [0.29, 0.717) is 17.7 Å². The summed E-state index contributed by atoms with van der Waals surface area (Å²) in [7, 11) is 0. The zero-order chi connectivity index (χ0) is 16.8. The van der Waals surface area contributed by atoms with Crippen molar-refractivity contribution < 1.29 is 14.3 Å². The number of hydrogen-bond acceptors (Lipinski definition) is 3. The first kappa shape index (κ1) is 17.5. The highest BCUT2D eigenvalue weighted by Crippen LogP contribution is 2.16. The number of amides is 1. The molecule has 0 aromatic heterocycles. The lowest BCUT2D eigenvalue weighted by molar-refractivity contribution is -0.122. The Hall–Kier alpha value is -1.89. The molecule has 2 aromatic rings. The molecule has 0 saturated carbocycles. The molecular weight excluding hydrogens is 405 g/mol. The number of nitrogens with one attached hydrogen (secondary N) is 1. The van der Waals surface area contributed by atoms with Gasteiger partial charge in [0.25, 0.3) is 5.91 Å². The summed E-state index contributed by atoms with van der Waals surface area (Å²) >= 11 is 2.21. The fourth-order valence-electron chi connectivity index (χ4n) is 1.96. The number of carbonyl (C=O) groups excluding carboxylic acids is 2. The number of benzene rings is 2. The Labute approximate surface area is 149 Å². The van der Waals surface area contributed by atoms with Crippen LogP contribution in [0.25, 0.3) is 0 Å². The van der Waals surface area contributed by atoms with Crippen LogP contribution in [0.2, 0.25) is 0 Å².